The molecule has 0 spiro atoms. The first-order valence-corrected chi connectivity index (χ1v) is 12.8. The maximum absolute atomic E-state index is 13.8. The van der Waals surface area contributed by atoms with Crippen molar-refractivity contribution in [3.05, 3.63) is 76.3 Å². The maximum Gasteiger partial charge on any atom is 0.337 e. The first-order valence-electron chi connectivity index (χ1n) is 12.8. The summed E-state index contributed by atoms with van der Waals surface area (Å²) in [6, 6.07) is 13.4. The van der Waals surface area contributed by atoms with Crippen molar-refractivity contribution in [1.82, 2.24) is 10.3 Å². The highest BCUT2D eigenvalue weighted by Gasteiger charge is 2.43. The summed E-state index contributed by atoms with van der Waals surface area (Å²) in [6.07, 6.45) is 2.08. The van der Waals surface area contributed by atoms with E-state index >= 15 is 0 Å². The van der Waals surface area contributed by atoms with Crippen LogP contribution in [0.4, 0.5) is 5.82 Å². The topological polar surface area (TPSA) is 98.8 Å². The molecule has 0 radical (unpaired) electrons. The minimum absolute atomic E-state index is 0.00446. The van der Waals surface area contributed by atoms with Crippen LogP contribution in [-0.4, -0.2) is 50.2 Å². The SMILES string of the molecule is CNc1cccc(C2C(C(=O)OC3CCOCC3)=C(C)NC3=C2C(=O)C[C@H](c2ccccc2OC)C3)n1. The van der Waals surface area contributed by atoms with Gasteiger partial charge in [0.05, 0.1) is 37.5 Å². The van der Waals surface area contributed by atoms with Crippen LogP contribution in [0.25, 0.3) is 0 Å². The molecule has 0 amide bonds. The highest BCUT2D eigenvalue weighted by Crippen LogP contribution is 2.46. The molecule has 1 saturated heterocycles. The van der Waals surface area contributed by atoms with Gasteiger partial charge in [-0.1, -0.05) is 24.3 Å². The molecule has 8 heteroatoms. The van der Waals surface area contributed by atoms with Crippen molar-refractivity contribution >= 4 is 17.6 Å². The second-order valence-electron chi connectivity index (χ2n) is 9.67. The Labute approximate surface area is 217 Å². The second kappa shape index (κ2) is 10.8. The van der Waals surface area contributed by atoms with E-state index in [4.69, 9.17) is 19.2 Å². The fourth-order valence-electron chi connectivity index (χ4n) is 5.59. The van der Waals surface area contributed by atoms with Crippen LogP contribution in [0.2, 0.25) is 0 Å². The molecule has 8 nitrogen and oxygen atoms in total. The lowest BCUT2D eigenvalue weighted by Crippen LogP contribution is -2.37. The Balaban J connectivity index is 1.55. The normalized spacial score (nSPS) is 22.3. The third-order valence-electron chi connectivity index (χ3n) is 7.39. The number of hydrogen-bond donors (Lipinski definition) is 2. The first-order chi connectivity index (χ1) is 18.0. The predicted molar refractivity (Wildman–Crippen MR) is 139 cm³/mol. The molecule has 1 aliphatic carbocycles. The molecule has 1 aromatic heterocycles. The standard InChI is InChI=1S/C29H33N3O5/c1-17-26(29(34)37-19-11-13-36-14-12-19)28(21-8-6-10-25(30-2)32-21)27-22(31-17)15-18(16-23(27)33)20-7-4-5-9-24(20)35-3/h4-10,18-19,28,31H,11-16H2,1-3H3,(H,30,32)/t18-,28?/m1/s1. The predicted octanol–water partition coefficient (Wildman–Crippen LogP) is 4.22. The van der Waals surface area contributed by atoms with Crippen LogP contribution in [0.5, 0.6) is 5.75 Å². The molecule has 1 fully saturated rings. The number of nitrogens with zero attached hydrogens (tertiary/aromatic N) is 1. The van der Waals surface area contributed by atoms with Gasteiger partial charge >= 0.3 is 5.97 Å². The van der Waals surface area contributed by atoms with Gasteiger partial charge in [0, 0.05) is 49.2 Å². The van der Waals surface area contributed by atoms with Crippen LogP contribution in [0, 0.1) is 0 Å². The molecular formula is C29H33N3O5. The minimum atomic E-state index is -0.608. The van der Waals surface area contributed by atoms with E-state index in [1.807, 2.05) is 49.4 Å². The summed E-state index contributed by atoms with van der Waals surface area (Å²) in [5, 5.41) is 6.48. The summed E-state index contributed by atoms with van der Waals surface area (Å²) < 4.78 is 16.9. The Morgan fingerprint density at radius 3 is 2.65 bits per heavy atom. The second-order valence-corrected chi connectivity index (χ2v) is 9.67. The molecule has 1 unspecified atom stereocenters. The van der Waals surface area contributed by atoms with E-state index in [0.717, 1.165) is 17.0 Å². The van der Waals surface area contributed by atoms with Crippen molar-refractivity contribution in [1.29, 1.82) is 0 Å². The van der Waals surface area contributed by atoms with E-state index in [9.17, 15) is 9.59 Å². The fourth-order valence-corrected chi connectivity index (χ4v) is 5.59. The van der Waals surface area contributed by atoms with Gasteiger partial charge in [0.2, 0.25) is 0 Å². The van der Waals surface area contributed by atoms with Gasteiger partial charge < -0.3 is 24.8 Å². The average molecular weight is 504 g/mol. The Morgan fingerprint density at radius 1 is 1.11 bits per heavy atom. The number of benzene rings is 1. The van der Waals surface area contributed by atoms with Crippen molar-refractivity contribution in [2.24, 2.45) is 0 Å². The number of esters is 1. The van der Waals surface area contributed by atoms with Crippen LogP contribution in [0.15, 0.2) is 65.0 Å². The van der Waals surface area contributed by atoms with E-state index < -0.39 is 11.9 Å². The summed E-state index contributed by atoms with van der Waals surface area (Å²) in [7, 11) is 3.44. The van der Waals surface area contributed by atoms with Gasteiger partial charge in [0.25, 0.3) is 0 Å². The number of ether oxygens (including phenoxy) is 3. The summed E-state index contributed by atoms with van der Waals surface area (Å²) >= 11 is 0. The zero-order valence-electron chi connectivity index (χ0n) is 21.5. The van der Waals surface area contributed by atoms with Gasteiger partial charge in [-0.05, 0) is 37.1 Å². The molecule has 2 N–H and O–H groups in total. The van der Waals surface area contributed by atoms with Gasteiger partial charge in [-0.25, -0.2) is 9.78 Å². The van der Waals surface area contributed by atoms with E-state index in [1.54, 1.807) is 14.2 Å². The van der Waals surface area contributed by atoms with Crippen molar-refractivity contribution in [2.75, 3.05) is 32.7 Å². The molecule has 2 aromatic rings. The zero-order chi connectivity index (χ0) is 25.9. The number of hydrogen-bond acceptors (Lipinski definition) is 8. The van der Waals surface area contributed by atoms with E-state index in [2.05, 4.69) is 10.6 Å². The highest BCUT2D eigenvalue weighted by atomic mass is 16.6. The number of rotatable bonds is 6. The minimum Gasteiger partial charge on any atom is -0.496 e. The number of Topliss-reactive ketones (excluding diaryl/α,β-unsaturated/α-hetero) is 1. The molecule has 2 atom stereocenters. The zero-order valence-corrected chi connectivity index (χ0v) is 21.5. The van der Waals surface area contributed by atoms with Crippen LogP contribution >= 0.6 is 0 Å². The van der Waals surface area contributed by atoms with Crippen LogP contribution in [0.1, 0.15) is 55.7 Å². The number of dihydropyridines is 1. The van der Waals surface area contributed by atoms with Gasteiger partial charge in [0.1, 0.15) is 17.7 Å². The monoisotopic (exact) mass is 503 g/mol. The quantitative estimate of drug-likeness (QED) is 0.566. The Hall–Kier alpha value is -3.65. The lowest BCUT2D eigenvalue weighted by atomic mass is 9.72. The molecule has 194 valence electrons. The Morgan fingerprint density at radius 2 is 1.89 bits per heavy atom. The number of allylic oxidation sites excluding steroid dienone is 3. The molecule has 5 rings (SSSR count). The Bertz CT molecular complexity index is 1260. The maximum atomic E-state index is 13.8. The number of carbonyl (C=O) groups is 2. The largest absolute Gasteiger partial charge is 0.496 e. The lowest BCUT2D eigenvalue weighted by Gasteiger charge is -2.37. The molecule has 0 bridgehead atoms. The van der Waals surface area contributed by atoms with Crippen molar-refractivity contribution < 1.29 is 23.8 Å². The van der Waals surface area contributed by atoms with Crippen LogP contribution in [-0.2, 0) is 19.1 Å². The van der Waals surface area contributed by atoms with Crippen molar-refractivity contribution in [3.8, 4) is 5.75 Å². The first kappa shape index (κ1) is 25.0. The number of aromatic nitrogens is 1. The van der Waals surface area contributed by atoms with Crippen LogP contribution < -0.4 is 15.4 Å². The van der Waals surface area contributed by atoms with E-state index in [-0.39, 0.29) is 17.8 Å². The molecular weight excluding hydrogens is 470 g/mol. The average Bonchev–Trinajstić information content (AvgIpc) is 2.92. The summed E-state index contributed by atoms with van der Waals surface area (Å²) in [6.45, 7) is 3.01. The van der Waals surface area contributed by atoms with Crippen LogP contribution in [0.3, 0.4) is 0 Å². The smallest absolute Gasteiger partial charge is 0.337 e. The third-order valence-corrected chi connectivity index (χ3v) is 7.39. The Kier molecular flexibility index (Phi) is 7.28. The van der Waals surface area contributed by atoms with Gasteiger partial charge in [-0.3, -0.25) is 4.79 Å². The van der Waals surface area contributed by atoms with Gasteiger partial charge in [0.15, 0.2) is 5.78 Å². The molecule has 3 aliphatic rings. The number of methoxy groups -OCH3 is 1. The van der Waals surface area contributed by atoms with E-state index in [1.165, 1.54) is 0 Å². The molecule has 0 saturated carbocycles. The van der Waals surface area contributed by atoms with Gasteiger partial charge in [-0.15, -0.1) is 0 Å². The number of carbonyl (C=O) groups excluding carboxylic acids is 2. The highest BCUT2D eigenvalue weighted by molar-refractivity contribution is 6.04. The number of ketones is 1. The molecule has 1 aromatic carbocycles. The number of para-hydroxylation sites is 1. The summed E-state index contributed by atoms with van der Waals surface area (Å²) in [5.74, 6) is 0.384. The molecule has 2 aliphatic heterocycles. The number of pyridine rings is 1. The number of anilines is 1. The van der Waals surface area contributed by atoms with E-state index in [0.29, 0.717) is 67.3 Å². The van der Waals surface area contributed by atoms with Gasteiger partial charge in [-0.2, -0.15) is 0 Å². The molecule has 3 heterocycles. The van der Waals surface area contributed by atoms with Crippen molar-refractivity contribution in [2.45, 2.75) is 50.5 Å². The number of nitrogens with one attached hydrogen (secondary N) is 2. The summed E-state index contributed by atoms with van der Waals surface area (Å²) in [4.78, 5) is 32.2. The lowest BCUT2D eigenvalue weighted by molar-refractivity contribution is -0.148. The fraction of sp³-hybridized carbons (Fsp3) is 0.414. The third kappa shape index (κ3) is 4.98. The molecule has 37 heavy (non-hydrogen) atoms. The summed E-state index contributed by atoms with van der Waals surface area (Å²) in [5.41, 5.74) is 4.19. The van der Waals surface area contributed by atoms with Crippen molar-refractivity contribution in [3.63, 3.8) is 0 Å².